The van der Waals surface area contributed by atoms with E-state index in [4.69, 9.17) is 4.98 Å². The zero-order chi connectivity index (χ0) is 20.3. The van der Waals surface area contributed by atoms with Crippen molar-refractivity contribution in [1.29, 1.82) is 0 Å². The first-order chi connectivity index (χ1) is 14.8. The monoisotopic (exact) mass is 417 g/mol. The molecule has 0 atom stereocenters. The molecule has 0 bridgehead atoms. The summed E-state index contributed by atoms with van der Waals surface area (Å²) in [5.74, 6) is 0. The number of rotatable bonds is 6. The summed E-state index contributed by atoms with van der Waals surface area (Å²) >= 11 is 1.64. The number of fused-ring (bicyclic) bond motifs is 1. The Morgan fingerprint density at radius 3 is 2.50 bits per heavy atom. The molecule has 1 aromatic heterocycles. The Bertz CT molecular complexity index is 1010. The van der Waals surface area contributed by atoms with Crippen molar-refractivity contribution < 1.29 is 0 Å². The smallest absolute Gasteiger partial charge is 0.183 e. The van der Waals surface area contributed by atoms with Crippen molar-refractivity contribution in [2.75, 3.05) is 41.7 Å². The second-order valence-electron chi connectivity index (χ2n) is 7.91. The van der Waals surface area contributed by atoms with Crippen molar-refractivity contribution in [3.63, 3.8) is 0 Å². The third-order valence-electron chi connectivity index (χ3n) is 5.84. The molecule has 0 amide bonds. The van der Waals surface area contributed by atoms with Crippen LogP contribution in [0.3, 0.4) is 0 Å². The van der Waals surface area contributed by atoms with E-state index in [1.54, 1.807) is 11.3 Å². The molecule has 1 fully saturated rings. The number of hydrogen-bond donors (Lipinski definition) is 3. The summed E-state index contributed by atoms with van der Waals surface area (Å²) in [5.41, 5.74) is 6.92. The molecule has 5 nitrogen and oxygen atoms in total. The van der Waals surface area contributed by atoms with Gasteiger partial charge < -0.3 is 20.9 Å². The van der Waals surface area contributed by atoms with Gasteiger partial charge in [0, 0.05) is 37.6 Å². The standard InChI is InChI=1S/C24H27N5S/c1-17(26-21-8-4-5-9-23(21)29-12-10-25-11-13-29)22-16-30-24(28-22)27-20-14-18-6-2-3-7-19(18)15-20/h2-9,16,20,25-26H,1,10-15H2,(H,27,28). The van der Waals surface area contributed by atoms with Crippen LogP contribution in [0.4, 0.5) is 16.5 Å². The molecule has 154 valence electrons. The predicted molar refractivity (Wildman–Crippen MR) is 128 cm³/mol. The van der Waals surface area contributed by atoms with E-state index in [1.165, 1.54) is 16.8 Å². The second kappa shape index (κ2) is 8.50. The lowest BCUT2D eigenvalue weighted by Crippen LogP contribution is -2.43. The van der Waals surface area contributed by atoms with Crippen LogP contribution in [0.2, 0.25) is 0 Å². The Labute approximate surface area is 181 Å². The van der Waals surface area contributed by atoms with Crippen LogP contribution in [-0.2, 0) is 12.8 Å². The molecule has 0 spiro atoms. The minimum absolute atomic E-state index is 0.413. The molecule has 3 aromatic rings. The quantitative estimate of drug-likeness (QED) is 0.561. The zero-order valence-corrected chi connectivity index (χ0v) is 17.8. The number of anilines is 3. The van der Waals surface area contributed by atoms with Gasteiger partial charge in [-0.1, -0.05) is 43.0 Å². The number of hydrogen-bond acceptors (Lipinski definition) is 6. The highest BCUT2D eigenvalue weighted by Gasteiger charge is 2.22. The van der Waals surface area contributed by atoms with Crippen LogP contribution in [0.25, 0.3) is 5.70 Å². The molecule has 1 saturated heterocycles. The molecule has 2 aliphatic rings. The van der Waals surface area contributed by atoms with Gasteiger partial charge >= 0.3 is 0 Å². The van der Waals surface area contributed by atoms with E-state index in [9.17, 15) is 0 Å². The summed E-state index contributed by atoms with van der Waals surface area (Å²) < 4.78 is 0. The maximum absolute atomic E-state index is 4.80. The van der Waals surface area contributed by atoms with Crippen LogP contribution < -0.4 is 20.9 Å². The lowest BCUT2D eigenvalue weighted by atomic mass is 10.1. The molecule has 6 heteroatoms. The van der Waals surface area contributed by atoms with Crippen LogP contribution in [0.5, 0.6) is 0 Å². The molecule has 2 aromatic carbocycles. The van der Waals surface area contributed by atoms with Crippen molar-refractivity contribution in [3.05, 3.63) is 77.3 Å². The lowest BCUT2D eigenvalue weighted by Gasteiger charge is -2.31. The fourth-order valence-corrected chi connectivity index (χ4v) is 5.11. The van der Waals surface area contributed by atoms with Crippen molar-refractivity contribution >= 4 is 33.5 Å². The number of benzene rings is 2. The summed E-state index contributed by atoms with van der Waals surface area (Å²) in [6.07, 6.45) is 2.12. The third-order valence-corrected chi connectivity index (χ3v) is 6.61. The van der Waals surface area contributed by atoms with E-state index in [2.05, 4.69) is 81.3 Å². The van der Waals surface area contributed by atoms with E-state index in [0.29, 0.717) is 6.04 Å². The van der Waals surface area contributed by atoms with E-state index >= 15 is 0 Å². The topological polar surface area (TPSA) is 52.2 Å². The van der Waals surface area contributed by atoms with Gasteiger partial charge in [0.05, 0.1) is 22.8 Å². The van der Waals surface area contributed by atoms with Crippen LogP contribution in [0.15, 0.2) is 60.5 Å². The van der Waals surface area contributed by atoms with Gasteiger partial charge in [-0.25, -0.2) is 4.98 Å². The van der Waals surface area contributed by atoms with Crippen LogP contribution >= 0.6 is 11.3 Å². The van der Waals surface area contributed by atoms with E-state index in [0.717, 1.165) is 61.2 Å². The highest BCUT2D eigenvalue weighted by Crippen LogP contribution is 2.31. The SMILES string of the molecule is C=C(Nc1ccccc1N1CCNCC1)c1csc(NC2Cc3ccccc3C2)n1. The van der Waals surface area contributed by atoms with Gasteiger partial charge in [0.2, 0.25) is 0 Å². The number of para-hydroxylation sites is 2. The Balaban J connectivity index is 1.25. The van der Waals surface area contributed by atoms with Crippen molar-refractivity contribution in [2.45, 2.75) is 18.9 Å². The first kappa shape index (κ1) is 19.2. The molecule has 0 saturated carbocycles. The average molecular weight is 418 g/mol. The number of nitrogens with one attached hydrogen (secondary N) is 3. The Morgan fingerprint density at radius 1 is 1.03 bits per heavy atom. The van der Waals surface area contributed by atoms with Crippen molar-refractivity contribution in [2.24, 2.45) is 0 Å². The molecule has 0 radical (unpaired) electrons. The molecule has 3 N–H and O–H groups in total. The van der Waals surface area contributed by atoms with Crippen molar-refractivity contribution in [1.82, 2.24) is 10.3 Å². The number of aromatic nitrogens is 1. The number of thiazole rings is 1. The summed E-state index contributed by atoms with van der Waals surface area (Å²) in [7, 11) is 0. The molecule has 1 aliphatic carbocycles. The van der Waals surface area contributed by atoms with Crippen LogP contribution in [-0.4, -0.2) is 37.2 Å². The summed E-state index contributed by atoms with van der Waals surface area (Å²) in [6.45, 7) is 8.32. The summed E-state index contributed by atoms with van der Waals surface area (Å²) in [5, 5.41) is 13.6. The highest BCUT2D eigenvalue weighted by atomic mass is 32.1. The van der Waals surface area contributed by atoms with E-state index in [1.807, 2.05) is 0 Å². The second-order valence-corrected chi connectivity index (χ2v) is 8.77. The maximum atomic E-state index is 4.80. The van der Waals surface area contributed by atoms with Gasteiger partial charge in [-0.05, 0) is 36.1 Å². The number of nitrogens with zero attached hydrogens (tertiary/aromatic N) is 2. The minimum atomic E-state index is 0.413. The Morgan fingerprint density at radius 2 is 1.73 bits per heavy atom. The summed E-state index contributed by atoms with van der Waals surface area (Å²) in [4.78, 5) is 7.21. The third kappa shape index (κ3) is 4.06. The molecule has 5 rings (SSSR count). The zero-order valence-electron chi connectivity index (χ0n) is 17.0. The minimum Gasteiger partial charge on any atom is -0.367 e. The van der Waals surface area contributed by atoms with Gasteiger partial charge in [0.1, 0.15) is 0 Å². The van der Waals surface area contributed by atoms with Gasteiger partial charge in [-0.2, -0.15) is 0 Å². The van der Waals surface area contributed by atoms with Gasteiger partial charge in [0.25, 0.3) is 0 Å². The first-order valence-electron chi connectivity index (χ1n) is 10.6. The highest BCUT2D eigenvalue weighted by molar-refractivity contribution is 7.13. The normalized spacial score (nSPS) is 16.3. The van der Waals surface area contributed by atoms with Crippen LogP contribution in [0, 0.1) is 0 Å². The Hall–Kier alpha value is -2.83. The molecule has 0 unspecified atom stereocenters. The fourth-order valence-electron chi connectivity index (χ4n) is 4.30. The van der Waals surface area contributed by atoms with E-state index < -0.39 is 0 Å². The number of piperazine rings is 1. The molecule has 30 heavy (non-hydrogen) atoms. The van der Waals surface area contributed by atoms with Gasteiger partial charge in [0.15, 0.2) is 5.13 Å². The van der Waals surface area contributed by atoms with Gasteiger partial charge in [-0.3, -0.25) is 0 Å². The van der Waals surface area contributed by atoms with Crippen LogP contribution in [0.1, 0.15) is 16.8 Å². The molecular weight excluding hydrogens is 390 g/mol. The van der Waals surface area contributed by atoms with Gasteiger partial charge in [-0.15, -0.1) is 11.3 Å². The first-order valence-corrected chi connectivity index (χ1v) is 11.4. The maximum Gasteiger partial charge on any atom is 0.183 e. The van der Waals surface area contributed by atoms with Crippen molar-refractivity contribution in [3.8, 4) is 0 Å². The molecular formula is C24H27N5S. The molecule has 1 aliphatic heterocycles. The summed E-state index contributed by atoms with van der Waals surface area (Å²) in [6, 6.07) is 17.6. The fraction of sp³-hybridized carbons (Fsp3) is 0.292. The average Bonchev–Trinajstić information content (AvgIpc) is 3.41. The lowest BCUT2D eigenvalue weighted by molar-refractivity contribution is 0.589. The Kier molecular flexibility index (Phi) is 5.43. The van der Waals surface area contributed by atoms with E-state index in [-0.39, 0.29) is 0 Å². The molecule has 2 heterocycles. The largest absolute Gasteiger partial charge is 0.367 e. The predicted octanol–water partition coefficient (Wildman–Crippen LogP) is 4.21.